The van der Waals surface area contributed by atoms with Gasteiger partial charge in [0.05, 0.1) is 0 Å². The molecule has 0 aliphatic rings. The molecule has 0 aliphatic heterocycles. The van der Waals surface area contributed by atoms with E-state index in [1.54, 1.807) is 30.3 Å². The van der Waals surface area contributed by atoms with Crippen molar-refractivity contribution in [3.05, 3.63) is 70.8 Å². The van der Waals surface area contributed by atoms with Crippen LogP contribution in [0, 0.1) is 30.9 Å². The van der Waals surface area contributed by atoms with Crippen LogP contribution in [0.25, 0.3) is 0 Å². The maximum atomic E-state index is 14.7. The van der Waals surface area contributed by atoms with Gasteiger partial charge in [-0.3, -0.25) is 5.41 Å². The van der Waals surface area contributed by atoms with Gasteiger partial charge in [-0.1, -0.05) is 18.2 Å². The molecule has 3 aromatic rings. The first-order chi connectivity index (χ1) is 14.2. The van der Waals surface area contributed by atoms with Crippen LogP contribution in [0.3, 0.4) is 0 Å². The predicted octanol–water partition coefficient (Wildman–Crippen LogP) is 4.91. The van der Waals surface area contributed by atoms with Crippen LogP contribution in [0.2, 0.25) is 0 Å². The lowest BCUT2D eigenvalue weighted by Crippen LogP contribution is -2.11. The summed E-state index contributed by atoms with van der Waals surface area (Å²) in [5.41, 5.74) is 7.27. The van der Waals surface area contributed by atoms with Crippen molar-refractivity contribution in [3.8, 4) is 23.3 Å². The van der Waals surface area contributed by atoms with Gasteiger partial charge in [-0.2, -0.15) is 4.98 Å². The van der Waals surface area contributed by atoms with Gasteiger partial charge in [-0.05, 0) is 38.1 Å². The predicted molar refractivity (Wildman–Crippen MR) is 112 cm³/mol. The van der Waals surface area contributed by atoms with Crippen molar-refractivity contribution >= 4 is 11.5 Å². The summed E-state index contributed by atoms with van der Waals surface area (Å²) in [6.07, 6.45) is 0. The lowest BCUT2D eigenvalue weighted by molar-refractivity contribution is 0.372. The largest absolute Gasteiger partial charge is 0.436 e. The third-order valence-electron chi connectivity index (χ3n) is 4.54. The molecule has 30 heavy (non-hydrogen) atoms. The molecule has 1 aromatic heterocycles. The Balaban J connectivity index is 2.00. The summed E-state index contributed by atoms with van der Waals surface area (Å²) < 4.78 is 40.5. The molecule has 1 heterocycles. The summed E-state index contributed by atoms with van der Waals surface area (Å²) >= 11 is 0. The van der Waals surface area contributed by atoms with Crippen LogP contribution in [0.15, 0.2) is 42.5 Å². The fourth-order valence-electron chi connectivity index (χ4n) is 2.88. The van der Waals surface area contributed by atoms with Gasteiger partial charge in [-0.15, -0.1) is 0 Å². The molecule has 6 nitrogen and oxygen atoms in total. The van der Waals surface area contributed by atoms with Crippen molar-refractivity contribution in [2.75, 3.05) is 19.0 Å². The monoisotopic (exact) mass is 412 g/mol. The number of nitrogen functional groups attached to an aromatic ring is 1. The van der Waals surface area contributed by atoms with E-state index in [0.29, 0.717) is 11.3 Å². The highest BCUT2D eigenvalue weighted by Gasteiger charge is 2.21. The first-order valence-corrected chi connectivity index (χ1v) is 9.11. The quantitative estimate of drug-likeness (QED) is 0.444. The van der Waals surface area contributed by atoms with Crippen LogP contribution in [0.5, 0.6) is 23.3 Å². The summed E-state index contributed by atoms with van der Waals surface area (Å²) in [7, 11) is 3.77. The molecule has 0 saturated heterocycles. The van der Waals surface area contributed by atoms with Crippen molar-refractivity contribution in [1.29, 1.82) is 5.41 Å². The van der Waals surface area contributed by atoms with E-state index < -0.39 is 23.4 Å². The molecule has 156 valence electrons. The van der Waals surface area contributed by atoms with E-state index in [0.717, 1.165) is 11.3 Å². The molecule has 0 amide bonds. The van der Waals surface area contributed by atoms with E-state index in [1.807, 2.05) is 32.0 Å². The Bertz CT molecular complexity index is 1120. The molecule has 0 radical (unpaired) electrons. The third-order valence-corrected chi connectivity index (χ3v) is 4.54. The van der Waals surface area contributed by atoms with Crippen molar-refractivity contribution < 1.29 is 18.3 Å². The van der Waals surface area contributed by atoms with Gasteiger partial charge in [0.1, 0.15) is 17.3 Å². The number of amidine groups is 1. The number of pyridine rings is 1. The Morgan fingerprint density at radius 3 is 2.23 bits per heavy atom. The average molecular weight is 412 g/mol. The SMILES string of the molecule is Cc1c(Oc2nc(Oc3cccc(C(=N)N)c3)c(F)c(C)c2F)cccc1N(C)C. The lowest BCUT2D eigenvalue weighted by atomic mass is 10.1. The zero-order valence-corrected chi connectivity index (χ0v) is 17.1. The van der Waals surface area contributed by atoms with E-state index in [-0.39, 0.29) is 17.1 Å². The number of benzene rings is 2. The fourth-order valence-corrected chi connectivity index (χ4v) is 2.88. The van der Waals surface area contributed by atoms with Crippen molar-refractivity contribution in [2.24, 2.45) is 5.73 Å². The van der Waals surface area contributed by atoms with Gasteiger partial charge in [0.2, 0.25) is 0 Å². The molecule has 0 spiro atoms. The van der Waals surface area contributed by atoms with Gasteiger partial charge in [-0.25, -0.2) is 8.78 Å². The van der Waals surface area contributed by atoms with Crippen molar-refractivity contribution in [3.63, 3.8) is 0 Å². The van der Waals surface area contributed by atoms with E-state index in [9.17, 15) is 8.78 Å². The maximum Gasteiger partial charge on any atom is 0.259 e. The van der Waals surface area contributed by atoms with Gasteiger partial charge < -0.3 is 20.1 Å². The molecule has 0 unspecified atom stereocenters. The second-order valence-corrected chi connectivity index (χ2v) is 6.92. The number of rotatable bonds is 6. The molecule has 0 saturated carbocycles. The van der Waals surface area contributed by atoms with Gasteiger partial charge in [0, 0.05) is 36.5 Å². The molecule has 0 atom stereocenters. The van der Waals surface area contributed by atoms with Crippen LogP contribution >= 0.6 is 0 Å². The van der Waals surface area contributed by atoms with Crippen LogP contribution < -0.4 is 20.1 Å². The number of nitrogens with two attached hydrogens (primary N) is 1. The molecule has 2 aromatic carbocycles. The smallest absolute Gasteiger partial charge is 0.259 e. The van der Waals surface area contributed by atoms with Gasteiger partial charge in [0.15, 0.2) is 11.6 Å². The van der Waals surface area contributed by atoms with E-state index in [4.69, 9.17) is 20.6 Å². The molecule has 0 aliphatic carbocycles. The Labute approximate surface area is 173 Å². The fraction of sp³-hybridized carbons (Fsp3) is 0.182. The molecule has 0 fully saturated rings. The Kier molecular flexibility index (Phi) is 5.86. The normalized spacial score (nSPS) is 10.6. The zero-order valence-electron chi connectivity index (χ0n) is 17.1. The standard InChI is InChI=1S/C22H22F2N4O2/c1-12-16(28(3)4)9-6-10-17(12)30-22-19(24)13(2)18(23)21(27-22)29-15-8-5-7-14(11-15)20(25)26/h5-11H,1-4H3,(H3,25,26). The molecular weight excluding hydrogens is 390 g/mol. The number of hydrogen-bond donors (Lipinski definition) is 2. The first kappa shape index (κ1) is 21.0. The molecular formula is C22H22F2N4O2. The number of halogens is 2. The molecule has 3 rings (SSSR count). The van der Waals surface area contributed by atoms with Gasteiger partial charge in [0.25, 0.3) is 11.8 Å². The Morgan fingerprint density at radius 1 is 0.967 bits per heavy atom. The van der Waals surface area contributed by atoms with Crippen LogP contribution in [0.1, 0.15) is 16.7 Å². The zero-order chi connectivity index (χ0) is 22.0. The first-order valence-electron chi connectivity index (χ1n) is 9.11. The molecule has 8 heteroatoms. The lowest BCUT2D eigenvalue weighted by Gasteiger charge is -2.18. The molecule has 3 N–H and O–H groups in total. The highest BCUT2D eigenvalue weighted by atomic mass is 19.1. The van der Waals surface area contributed by atoms with E-state index in [2.05, 4.69) is 4.98 Å². The highest BCUT2D eigenvalue weighted by molar-refractivity contribution is 5.95. The summed E-state index contributed by atoms with van der Waals surface area (Å²) in [5, 5.41) is 7.50. The number of nitrogens with zero attached hydrogens (tertiary/aromatic N) is 2. The van der Waals surface area contributed by atoms with E-state index in [1.165, 1.54) is 13.0 Å². The van der Waals surface area contributed by atoms with Crippen molar-refractivity contribution in [1.82, 2.24) is 4.98 Å². The van der Waals surface area contributed by atoms with Crippen LogP contribution in [-0.4, -0.2) is 24.9 Å². The average Bonchev–Trinajstić information content (AvgIpc) is 2.71. The van der Waals surface area contributed by atoms with Crippen LogP contribution in [-0.2, 0) is 0 Å². The van der Waals surface area contributed by atoms with Crippen LogP contribution in [0.4, 0.5) is 14.5 Å². The maximum absolute atomic E-state index is 14.7. The second kappa shape index (κ2) is 8.36. The van der Waals surface area contributed by atoms with Crippen molar-refractivity contribution in [2.45, 2.75) is 13.8 Å². The summed E-state index contributed by atoms with van der Waals surface area (Å²) in [5.74, 6) is -2.25. The van der Waals surface area contributed by atoms with Gasteiger partial charge >= 0.3 is 0 Å². The number of ether oxygens (including phenoxy) is 2. The minimum absolute atomic E-state index is 0.163. The summed E-state index contributed by atoms with van der Waals surface area (Å²) in [6, 6.07) is 11.6. The third kappa shape index (κ3) is 4.17. The van der Waals surface area contributed by atoms with E-state index >= 15 is 0 Å². The number of hydrogen-bond acceptors (Lipinski definition) is 5. The minimum Gasteiger partial charge on any atom is -0.436 e. The topological polar surface area (TPSA) is 84.5 Å². The number of anilines is 1. The highest BCUT2D eigenvalue weighted by Crippen LogP contribution is 2.35. The Morgan fingerprint density at radius 2 is 1.60 bits per heavy atom. The summed E-state index contributed by atoms with van der Waals surface area (Å²) in [6.45, 7) is 3.12. The number of nitrogens with one attached hydrogen (secondary N) is 1. The Hall–Kier alpha value is -3.68. The minimum atomic E-state index is -0.938. The number of aromatic nitrogens is 1. The summed E-state index contributed by atoms with van der Waals surface area (Å²) in [4.78, 5) is 5.82. The second-order valence-electron chi connectivity index (χ2n) is 6.92. The molecule has 0 bridgehead atoms.